The summed E-state index contributed by atoms with van der Waals surface area (Å²) in [6.07, 6.45) is 3.36. The van der Waals surface area contributed by atoms with Gasteiger partial charge >= 0.3 is 5.97 Å². The van der Waals surface area contributed by atoms with Crippen LogP contribution in [0.25, 0.3) is 0 Å². The highest BCUT2D eigenvalue weighted by Crippen LogP contribution is 2.28. The van der Waals surface area contributed by atoms with Gasteiger partial charge in [0.1, 0.15) is 6.61 Å². The van der Waals surface area contributed by atoms with E-state index in [1.807, 2.05) is 0 Å². The van der Waals surface area contributed by atoms with E-state index in [1.165, 1.54) is 15.6 Å². The lowest BCUT2D eigenvalue weighted by Crippen LogP contribution is -2.80. The SMILES string of the molecule is O=C1CCCCC(N(c2ccccc2)[Si](c2ccccc2)(c2ccccc2)c2ccccc2)CO1. The van der Waals surface area contributed by atoms with Gasteiger partial charge in [-0.1, -0.05) is 116 Å². The molecular formula is C31H31NO2Si. The van der Waals surface area contributed by atoms with Gasteiger partial charge in [0.25, 0.3) is 8.24 Å². The summed E-state index contributed by atoms with van der Waals surface area (Å²) in [5.41, 5.74) is 1.16. The molecule has 1 unspecified atom stereocenters. The van der Waals surface area contributed by atoms with Crippen molar-refractivity contribution in [2.75, 3.05) is 11.2 Å². The summed E-state index contributed by atoms with van der Waals surface area (Å²) in [5, 5.41) is 3.94. The lowest BCUT2D eigenvalue weighted by Gasteiger charge is -2.49. The van der Waals surface area contributed by atoms with Crippen LogP contribution in [0.3, 0.4) is 0 Å². The first-order valence-electron chi connectivity index (χ1n) is 12.5. The lowest BCUT2D eigenvalue weighted by atomic mass is 10.1. The molecule has 1 saturated heterocycles. The molecule has 4 heteroatoms. The van der Waals surface area contributed by atoms with Gasteiger partial charge in [0, 0.05) is 12.1 Å². The number of anilines is 1. The van der Waals surface area contributed by atoms with Crippen molar-refractivity contribution >= 4 is 35.5 Å². The third-order valence-corrected chi connectivity index (χ3v) is 11.8. The zero-order chi connectivity index (χ0) is 23.9. The number of carbonyl (C=O) groups is 1. The third kappa shape index (κ3) is 4.67. The Bertz CT molecular complexity index is 1120. The van der Waals surface area contributed by atoms with Crippen LogP contribution in [0.1, 0.15) is 25.7 Å². The number of hydrogen-bond acceptors (Lipinski definition) is 3. The fraction of sp³-hybridized carbons (Fsp3) is 0.194. The van der Waals surface area contributed by atoms with E-state index in [4.69, 9.17) is 4.74 Å². The van der Waals surface area contributed by atoms with Crippen molar-refractivity contribution < 1.29 is 9.53 Å². The molecule has 0 radical (unpaired) electrons. The maximum Gasteiger partial charge on any atom is 0.305 e. The predicted molar refractivity (Wildman–Crippen MR) is 146 cm³/mol. The number of cyclic esters (lactones) is 1. The minimum absolute atomic E-state index is 0.0638. The molecule has 0 aromatic heterocycles. The van der Waals surface area contributed by atoms with Crippen molar-refractivity contribution in [2.45, 2.75) is 31.7 Å². The van der Waals surface area contributed by atoms with Gasteiger partial charge in [-0.2, -0.15) is 0 Å². The van der Waals surface area contributed by atoms with Crippen molar-refractivity contribution in [2.24, 2.45) is 0 Å². The predicted octanol–water partition coefficient (Wildman–Crippen LogP) is 4.65. The first-order chi connectivity index (χ1) is 17.3. The zero-order valence-electron chi connectivity index (χ0n) is 19.9. The molecule has 1 aliphatic rings. The fourth-order valence-corrected chi connectivity index (χ4v) is 10.6. The highest BCUT2D eigenvalue weighted by Gasteiger charge is 2.48. The van der Waals surface area contributed by atoms with Crippen LogP contribution >= 0.6 is 0 Å². The van der Waals surface area contributed by atoms with Gasteiger partial charge < -0.3 is 9.30 Å². The van der Waals surface area contributed by atoms with Crippen molar-refractivity contribution in [3.63, 3.8) is 0 Å². The fourth-order valence-electron chi connectivity index (χ4n) is 5.42. The number of para-hydroxylation sites is 1. The van der Waals surface area contributed by atoms with Gasteiger partial charge in [-0.15, -0.1) is 0 Å². The number of ether oxygens (including phenoxy) is 1. The number of carbonyl (C=O) groups excluding carboxylic acids is 1. The van der Waals surface area contributed by atoms with Gasteiger partial charge in [0.05, 0.1) is 6.04 Å². The van der Waals surface area contributed by atoms with E-state index in [-0.39, 0.29) is 12.0 Å². The molecule has 4 aromatic carbocycles. The van der Waals surface area contributed by atoms with Crippen LogP contribution in [-0.4, -0.2) is 26.9 Å². The summed E-state index contributed by atoms with van der Waals surface area (Å²) >= 11 is 0. The monoisotopic (exact) mass is 477 g/mol. The smallest absolute Gasteiger partial charge is 0.305 e. The second-order valence-corrected chi connectivity index (χ2v) is 12.7. The highest BCUT2D eigenvalue weighted by molar-refractivity contribution is 7.13. The molecule has 0 bridgehead atoms. The number of esters is 1. The quantitative estimate of drug-likeness (QED) is 0.230. The van der Waals surface area contributed by atoms with Crippen LogP contribution in [0, 0.1) is 0 Å². The molecule has 35 heavy (non-hydrogen) atoms. The van der Waals surface area contributed by atoms with E-state index >= 15 is 0 Å². The van der Waals surface area contributed by atoms with Crippen LogP contribution in [-0.2, 0) is 9.53 Å². The molecular weight excluding hydrogens is 446 g/mol. The Hall–Kier alpha value is -3.63. The second-order valence-electron chi connectivity index (χ2n) is 9.10. The summed E-state index contributed by atoms with van der Waals surface area (Å²) in [7, 11) is -2.80. The van der Waals surface area contributed by atoms with E-state index < -0.39 is 8.24 Å². The molecule has 0 saturated carbocycles. The van der Waals surface area contributed by atoms with E-state index in [2.05, 4.69) is 126 Å². The van der Waals surface area contributed by atoms with Crippen LogP contribution in [0.5, 0.6) is 0 Å². The Labute approximate surface area is 209 Å². The van der Waals surface area contributed by atoms with E-state index in [0.717, 1.165) is 24.9 Å². The molecule has 5 rings (SSSR count). The highest BCUT2D eigenvalue weighted by atomic mass is 28.3. The Balaban J connectivity index is 1.83. The van der Waals surface area contributed by atoms with E-state index in [0.29, 0.717) is 13.0 Å². The van der Waals surface area contributed by atoms with Crippen LogP contribution in [0.4, 0.5) is 5.69 Å². The summed E-state index contributed by atoms with van der Waals surface area (Å²) in [4.78, 5) is 12.4. The number of nitrogens with zero attached hydrogens (tertiary/aromatic N) is 1. The minimum atomic E-state index is -2.80. The number of hydrogen-bond donors (Lipinski definition) is 0. The molecule has 3 nitrogen and oxygen atoms in total. The van der Waals surface area contributed by atoms with Crippen molar-refractivity contribution in [3.8, 4) is 0 Å². The van der Waals surface area contributed by atoms with Gasteiger partial charge in [-0.05, 0) is 40.5 Å². The molecule has 4 aromatic rings. The van der Waals surface area contributed by atoms with Gasteiger partial charge in [0.15, 0.2) is 0 Å². The topological polar surface area (TPSA) is 29.5 Å². The van der Waals surface area contributed by atoms with Crippen molar-refractivity contribution in [1.29, 1.82) is 0 Å². The number of benzene rings is 4. The molecule has 1 fully saturated rings. The van der Waals surface area contributed by atoms with Crippen molar-refractivity contribution in [1.82, 2.24) is 0 Å². The molecule has 1 atom stereocenters. The van der Waals surface area contributed by atoms with Crippen molar-refractivity contribution in [3.05, 3.63) is 121 Å². The van der Waals surface area contributed by atoms with Crippen LogP contribution in [0.15, 0.2) is 121 Å². The Morgan fingerprint density at radius 1 is 0.629 bits per heavy atom. The lowest BCUT2D eigenvalue weighted by molar-refractivity contribution is -0.144. The Kier molecular flexibility index (Phi) is 7.10. The largest absolute Gasteiger partial charge is 0.464 e. The van der Waals surface area contributed by atoms with Crippen LogP contribution in [0.2, 0.25) is 0 Å². The molecule has 1 aliphatic heterocycles. The zero-order valence-corrected chi connectivity index (χ0v) is 20.9. The first-order valence-corrected chi connectivity index (χ1v) is 14.4. The summed E-state index contributed by atoms with van der Waals surface area (Å²) < 4.78 is 8.49. The molecule has 0 spiro atoms. The van der Waals surface area contributed by atoms with Gasteiger partial charge in [-0.25, -0.2) is 0 Å². The average Bonchev–Trinajstić information content (AvgIpc) is 2.92. The maximum absolute atomic E-state index is 12.4. The molecule has 0 amide bonds. The molecule has 176 valence electrons. The normalized spacial score (nSPS) is 16.6. The Morgan fingerprint density at radius 3 is 1.57 bits per heavy atom. The molecule has 0 aliphatic carbocycles. The summed E-state index contributed by atoms with van der Waals surface area (Å²) in [5.74, 6) is -0.0888. The second kappa shape index (κ2) is 10.7. The molecule has 0 N–H and O–H groups in total. The van der Waals surface area contributed by atoms with Gasteiger partial charge in [0.2, 0.25) is 0 Å². The van der Waals surface area contributed by atoms with E-state index in [9.17, 15) is 4.79 Å². The minimum Gasteiger partial charge on any atom is -0.464 e. The summed E-state index contributed by atoms with van der Waals surface area (Å²) in [6, 6.07) is 43.5. The van der Waals surface area contributed by atoms with E-state index in [1.54, 1.807) is 0 Å². The standard InChI is InChI=1S/C31H31NO2Si/c33-31-24-14-13-17-27(25-34-31)32(26-15-5-1-6-16-26)35(28-18-7-2-8-19-28,29-20-9-3-10-21-29)30-22-11-4-12-23-30/h1-12,15-16,18-23,27H,13-14,17,24-25H2. The average molecular weight is 478 g/mol. The number of rotatable bonds is 6. The summed E-state index contributed by atoms with van der Waals surface area (Å²) in [6.45, 7) is 0.398. The van der Waals surface area contributed by atoms with Gasteiger partial charge in [-0.3, -0.25) is 4.79 Å². The maximum atomic E-state index is 12.4. The van der Waals surface area contributed by atoms with Crippen LogP contribution < -0.4 is 20.1 Å². The molecule has 1 heterocycles. The third-order valence-electron chi connectivity index (χ3n) is 6.94. The Morgan fingerprint density at radius 2 is 1.09 bits per heavy atom. The first kappa shape index (κ1) is 23.1.